The van der Waals surface area contributed by atoms with Crippen LogP contribution in [-0.2, 0) is 6.54 Å². The summed E-state index contributed by atoms with van der Waals surface area (Å²) in [5.74, 6) is 1.72. The van der Waals surface area contributed by atoms with E-state index < -0.39 is 0 Å². The molecule has 0 aliphatic rings. The molecule has 0 atom stereocenters. The molecule has 0 aromatic heterocycles. The maximum absolute atomic E-state index is 5.80. The molecule has 2 N–H and O–H groups in total. The molecular formula is C16H20ClNO2. The van der Waals surface area contributed by atoms with E-state index in [2.05, 4.69) is 12.1 Å². The average Bonchev–Trinajstić information content (AvgIpc) is 2.46. The lowest BCUT2D eigenvalue weighted by Gasteiger charge is -2.14. The quantitative estimate of drug-likeness (QED) is 0.937. The predicted molar refractivity (Wildman–Crippen MR) is 84.9 cm³/mol. The molecule has 0 amide bonds. The standard InChI is InChI=1S/C16H19NO2.ClH/c1-11-8-12(9-13(10-17)16(11)19-3)14-6-4-5-7-15(14)18-2;/h4-9H,10,17H2,1-3H3;1H. The normalized spacial score (nSPS) is 9.80. The van der Waals surface area contributed by atoms with Crippen molar-refractivity contribution >= 4 is 12.4 Å². The maximum Gasteiger partial charge on any atom is 0.126 e. The molecule has 2 rings (SSSR count). The SMILES string of the molecule is COc1ccccc1-c1cc(C)c(OC)c(CN)c1.Cl. The Bertz CT molecular complexity index is 585. The van der Waals surface area contributed by atoms with Crippen molar-refractivity contribution in [1.82, 2.24) is 0 Å². The van der Waals surface area contributed by atoms with Gasteiger partial charge < -0.3 is 15.2 Å². The molecule has 0 aliphatic heterocycles. The van der Waals surface area contributed by atoms with Crippen LogP contribution in [0.4, 0.5) is 0 Å². The zero-order chi connectivity index (χ0) is 13.8. The highest BCUT2D eigenvalue weighted by molar-refractivity contribution is 5.85. The van der Waals surface area contributed by atoms with E-state index >= 15 is 0 Å². The fourth-order valence-electron chi connectivity index (χ4n) is 2.33. The molecule has 0 saturated heterocycles. The van der Waals surface area contributed by atoms with Crippen molar-refractivity contribution in [2.24, 2.45) is 5.73 Å². The fourth-order valence-corrected chi connectivity index (χ4v) is 2.33. The lowest BCUT2D eigenvalue weighted by Crippen LogP contribution is -2.02. The highest BCUT2D eigenvalue weighted by atomic mass is 35.5. The number of methoxy groups -OCH3 is 2. The first-order valence-corrected chi connectivity index (χ1v) is 6.22. The summed E-state index contributed by atoms with van der Waals surface area (Å²) < 4.78 is 10.8. The number of ether oxygens (including phenoxy) is 2. The largest absolute Gasteiger partial charge is 0.496 e. The van der Waals surface area contributed by atoms with Crippen LogP contribution in [0.2, 0.25) is 0 Å². The highest BCUT2D eigenvalue weighted by Crippen LogP contribution is 2.34. The number of rotatable bonds is 4. The number of nitrogens with two attached hydrogens (primary N) is 1. The Kier molecular flexibility index (Phi) is 5.86. The van der Waals surface area contributed by atoms with Gasteiger partial charge in [0.1, 0.15) is 11.5 Å². The first kappa shape index (κ1) is 16.3. The number of para-hydroxylation sites is 1. The number of benzene rings is 2. The Hall–Kier alpha value is -1.71. The van der Waals surface area contributed by atoms with Gasteiger partial charge in [0.25, 0.3) is 0 Å². The lowest BCUT2D eigenvalue weighted by atomic mass is 9.98. The summed E-state index contributed by atoms with van der Waals surface area (Å²) in [6, 6.07) is 12.1. The second-order valence-corrected chi connectivity index (χ2v) is 4.39. The van der Waals surface area contributed by atoms with E-state index in [1.54, 1.807) is 14.2 Å². The average molecular weight is 294 g/mol. The second-order valence-electron chi connectivity index (χ2n) is 4.39. The third-order valence-electron chi connectivity index (χ3n) is 3.19. The van der Waals surface area contributed by atoms with Gasteiger partial charge in [0, 0.05) is 17.7 Å². The zero-order valence-corrected chi connectivity index (χ0v) is 12.8. The third-order valence-corrected chi connectivity index (χ3v) is 3.19. The molecule has 4 heteroatoms. The molecule has 3 nitrogen and oxygen atoms in total. The van der Waals surface area contributed by atoms with Crippen LogP contribution in [-0.4, -0.2) is 14.2 Å². The number of hydrogen-bond donors (Lipinski definition) is 1. The minimum Gasteiger partial charge on any atom is -0.496 e. The summed E-state index contributed by atoms with van der Waals surface area (Å²) in [6.45, 7) is 2.48. The van der Waals surface area contributed by atoms with E-state index in [0.717, 1.165) is 33.8 Å². The van der Waals surface area contributed by atoms with Crippen molar-refractivity contribution in [2.75, 3.05) is 14.2 Å². The molecule has 2 aromatic rings. The summed E-state index contributed by atoms with van der Waals surface area (Å²) in [4.78, 5) is 0. The van der Waals surface area contributed by atoms with E-state index in [0.29, 0.717) is 6.54 Å². The van der Waals surface area contributed by atoms with Gasteiger partial charge in [-0.25, -0.2) is 0 Å². The smallest absolute Gasteiger partial charge is 0.126 e. The van der Waals surface area contributed by atoms with Gasteiger partial charge in [-0.2, -0.15) is 0 Å². The van der Waals surface area contributed by atoms with E-state index in [4.69, 9.17) is 15.2 Å². The number of hydrogen-bond acceptors (Lipinski definition) is 3. The number of halogens is 1. The Morgan fingerprint density at radius 2 is 1.75 bits per heavy atom. The summed E-state index contributed by atoms with van der Waals surface area (Å²) in [7, 11) is 3.35. The molecule has 0 heterocycles. The molecule has 0 aliphatic carbocycles. The Labute approximate surface area is 126 Å². The first-order valence-electron chi connectivity index (χ1n) is 6.22. The van der Waals surface area contributed by atoms with Crippen molar-refractivity contribution in [1.29, 1.82) is 0 Å². The molecule has 0 radical (unpaired) electrons. The van der Waals surface area contributed by atoms with Crippen LogP contribution in [0.25, 0.3) is 11.1 Å². The van der Waals surface area contributed by atoms with Gasteiger partial charge in [0.2, 0.25) is 0 Å². The lowest BCUT2D eigenvalue weighted by molar-refractivity contribution is 0.406. The molecule has 0 saturated carbocycles. The molecule has 2 aromatic carbocycles. The van der Waals surface area contributed by atoms with Crippen molar-refractivity contribution in [3.05, 3.63) is 47.5 Å². The predicted octanol–water partition coefficient (Wildman–Crippen LogP) is 3.56. The Morgan fingerprint density at radius 3 is 2.35 bits per heavy atom. The minimum atomic E-state index is 0. The molecule has 108 valence electrons. The summed E-state index contributed by atoms with van der Waals surface area (Å²) >= 11 is 0. The van der Waals surface area contributed by atoms with Crippen molar-refractivity contribution in [3.63, 3.8) is 0 Å². The van der Waals surface area contributed by atoms with Crippen molar-refractivity contribution in [2.45, 2.75) is 13.5 Å². The van der Waals surface area contributed by atoms with Crippen molar-refractivity contribution < 1.29 is 9.47 Å². The van der Waals surface area contributed by atoms with Crippen LogP contribution in [0.1, 0.15) is 11.1 Å². The van der Waals surface area contributed by atoms with Crippen LogP contribution >= 0.6 is 12.4 Å². The second kappa shape index (κ2) is 7.17. The van der Waals surface area contributed by atoms with Crippen molar-refractivity contribution in [3.8, 4) is 22.6 Å². The minimum absolute atomic E-state index is 0. The van der Waals surface area contributed by atoms with Gasteiger partial charge >= 0.3 is 0 Å². The topological polar surface area (TPSA) is 44.5 Å². The fraction of sp³-hybridized carbons (Fsp3) is 0.250. The molecular weight excluding hydrogens is 274 g/mol. The van der Waals surface area contributed by atoms with E-state index in [1.165, 1.54) is 0 Å². The van der Waals surface area contributed by atoms with Crippen LogP contribution in [0, 0.1) is 6.92 Å². The van der Waals surface area contributed by atoms with E-state index in [1.807, 2.05) is 31.2 Å². The highest BCUT2D eigenvalue weighted by Gasteiger charge is 2.11. The van der Waals surface area contributed by atoms with Crippen LogP contribution in [0.15, 0.2) is 36.4 Å². The molecule has 0 unspecified atom stereocenters. The summed E-state index contributed by atoms with van der Waals surface area (Å²) in [5, 5.41) is 0. The van der Waals surface area contributed by atoms with Gasteiger partial charge in [-0.1, -0.05) is 18.2 Å². The Balaban J connectivity index is 0.00000200. The van der Waals surface area contributed by atoms with Crippen LogP contribution in [0.5, 0.6) is 11.5 Å². The number of aryl methyl sites for hydroxylation is 1. The molecule has 20 heavy (non-hydrogen) atoms. The van der Waals surface area contributed by atoms with Gasteiger partial charge in [-0.15, -0.1) is 12.4 Å². The summed E-state index contributed by atoms with van der Waals surface area (Å²) in [5.41, 5.74) is 10.0. The van der Waals surface area contributed by atoms with Gasteiger partial charge in [0.15, 0.2) is 0 Å². The monoisotopic (exact) mass is 293 g/mol. The maximum atomic E-state index is 5.80. The van der Waals surface area contributed by atoms with Gasteiger partial charge in [-0.3, -0.25) is 0 Å². The zero-order valence-electron chi connectivity index (χ0n) is 12.0. The van der Waals surface area contributed by atoms with E-state index in [-0.39, 0.29) is 12.4 Å². The van der Waals surface area contributed by atoms with Gasteiger partial charge in [-0.05, 0) is 36.2 Å². The third kappa shape index (κ3) is 3.06. The van der Waals surface area contributed by atoms with Gasteiger partial charge in [0.05, 0.1) is 14.2 Å². The Morgan fingerprint density at radius 1 is 1.05 bits per heavy atom. The molecule has 0 fully saturated rings. The van der Waals surface area contributed by atoms with Crippen LogP contribution in [0.3, 0.4) is 0 Å². The van der Waals surface area contributed by atoms with E-state index in [9.17, 15) is 0 Å². The van der Waals surface area contributed by atoms with Crippen LogP contribution < -0.4 is 15.2 Å². The first-order chi connectivity index (χ1) is 9.21. The molecule has 0 spiro atoms. The summed E-state index contributed by atoms with van der Waals surface area (Å²) in [6.07, 6.45) is 0. The molecule has 0 bridgehead atoms.